The third-order valence-electron chi connectivity index (χ3n) is 6.05. The van der Waals surface area contributed by atoms with Crippen molar-refractivity contribution in [1.29, 1.82) is 0 Å². The third-order valence-corrected chi connectivity index (χ3v) is 6.05. The predicted octanol–water partition coefficient (Wildman–Crippen LogP) is 5.87. The lowest BCUT2D eigenvalue weighted by Gasteiger charge is -2.20. The number of anilines is 1. The Morgan fingerprint density at radius 2 is 1.79 bits per heavy atom. The number of pyridine rings is 2. The van der Waals surface area contributed by atoms with Gasteiger partial charge in [-0.3, -0.25) is 9.78 Å². The van der Waals surface area contributed by atoms with Crippen LogP contribution >= 0.6 is 0 Å². The van der Waals surface area contributed by atoms with E-state index >= 15 is 8.78 Å². The van der Waals surface area contributed by atoms with Crippen molar-refractivity contribution in [3.05, 3.63) is 76.7 Å². The van der Waals surface area contributed by atoms with Crippen molar-refractivity contribution in [3.8, 4) is 11.1 Å². The Hall–Kier alpha value is -3.35. The minimum atomic E-state index is -0.555. The fourth-order valence-corrected chi connectivity index (χ4v) is 4.07. The van der Waals surface area contributed by atoms with Gasteiger partial charge in [0.25, 0.3) is 5.91 Å². The van der Waals surface area contributed by atoms with E-state index in [0.717, 1.165) is 11.3 Å². The zero-order valence-electron chi connectivity index (χ0n) is 19.5. The van der Waals surface area contributed by atoms with Crippen molar-refractivity contribution >= 4 is 11.7 Å². The Labute approximate surface area is 192 Å². The third kappa shape index (κ3) is 4.32. The fraction of sp³-hybridized carbons (Fsp3) is 0.346. The van der Waals surface area contributed by atoms with Crippen LogP contribution in [0.1, 0.15) is 67.8 Å². The summed E-state index contributed by atoms with van der Waals surface area (Å²) in [6.45, 7) is 10.8. The summed E-state index contributed by atoms with van der Waals surface area (Å²) in [6, 6.07) is 7.08. The van der Waals surface area contributed by atoms with E-state index in [4.69, 9.17) is 0 Å². The van der Waals surface area contributed by atoms with Crippen LogP contribution in [0, 0.1) is 11.6 Å². The molecule has 0 radical (unpaired) electrons. The molecule has 0 bridgehead atoms. The molecule has 172 valence electrons. The number of fused-ring (bicyclic) bond motifs is 1. The SMILES string of the molecule is CCN1Cc2c(ccnc2N[C@@H](C)c2cc(F)c(-c3ccnc(C(C)(C)C)c3)cc2F)C1=O. The molecule has 7 heteroatoms. The van der Waals surface area contributed by atoms with E-state index in [1.54, 1.807) is 42.4 Å². The average molecular weight is 451 g/mol. The number of nitrogens with one attached hydrogen (secondary N) is 1. The Kier molecular flexibility index (Phi) is 5.91. The molecule has 1 aromatic carbocycles. The molecule has 33 heavy (non-hydrogen) atoms. The second kappa shape index (κ2) is 8.54. The van der Waals surface area contributed by atoms with Gasteiger partial charge in [0.05, 0.1) is 12.6 Å². The second-order valence-electron chi connectivity index (χ2n) is 9.40. The highest BCUT2D eigenvalue weighted by Gasteiger charge is 2.29. The first-order chi connectivity index (χ1) is 15.6. The van der Waals surface area contributed by atoms with Crippen LogP contribution in [0.2, 0.25) is 0 Å². The van der Waals surface area contributed by atoms with E-state index in [1.165, 1.54) is 12.1 Å². The number of nitrogens with zero attached hydrogens (tertiary/aromatic N) is 3. The minimum Gasteiger partial charge on any atom is -0.363 e. The van der Waals surface area contributed by atoms with E-state index in [-0.39, 0.29) is 22.4 Å². The van der Waals surface area contributed by atoms with Crippen LogP contribution in [-0.2, 0) is 12.0 Å². The number of carbonyl (C=O) groups is 1. The first-order valence-electron chi connectivity index (χ1n) is 11.1. The first-order valence-corrected chi connectivity index (χ1v) is 11.1. The van der Waals surface area contributed by atoms with Gasteiger partial charge in [-0.05, 0) is 49.7 Å². The van der Waals surface area contributed by atoms with E-state index in [0.29, 0.717) is 30.0 Å². The fourth-order valence-electron chi connectivity index (χ4n) is 4.07. The van der Waals surface area contributed by atoms with Gasteiger partial charge in [0.1, 0.15) is 17.5 Å². The number of halogens is 2. The van der Waals surface area contributed by atoms with E-state index < -0.39 is 17.7 Å². The van der Waals surface area contributed by atoms with E-state index in [1.807, 2.05) is 27.7 Å². The number of hydrogen-bond acceptors (Lipinski definition) is 4. The molecule has 1 atom stereocenters. The molecule has 2 aromatic heterocycles. The van der Waals surface area contributed by atoms with Crippen molar-refractivity contribution in [2.45, 2.75) is 52.6 Å². The van der Waals surface area contributed by atoms with Gasteiger partial charge in [0, 0.05) is 52.3 Å². The predicted molar refractivity (Wildman–Crippen MR) is 125 cm³/mol. The topological polar surface area (TPSA) is 58.1 Å². The number of aromatic nitrogens is 2. The van der Waals surface area contributed by atoms with Gasteiger partial charge in [-0.2, -0.15) is 0 Å². The largest absolute Gasteiger partial charge is 0.363 e. The molecule has 4 rings (SSSR count). The molecule has 0 saturated carbocycles. The summed E-state index contributed by atoms with van der Waals surface area (Å²) in [5.41, 5.74) is 2.94. The Bertz CT molecular complexity index is 1220. The zero-order chi connectivity index (χ0) is 23.9. The summed E-state index contributed by atoms with van der Waals surface area (Å²) in [4.78, 5) is 22.9. The van der Waals surface area contributed by atoms with Crippen LogP contribution in [0.5, 0.6) is 0 Å². The summed E-state index contributed by atoms with van der Waals surface area (Å²) in [7, 11) is 0. The summed E-state index contributed by atoms with van der Waals surface area (Å²) < 4.78 is 30.3. The lowest BCUT2D eigenvalue weighted by atomic mass is 9.89. The summed E-state index contributed by atoms with van der Waals surface area (Å²) in [5.74, 6) is -0.555. The van der Waals surface area contributed by atoms with Crippen LogP contribution in [0.25, 0.3) is 11.1 Å². The molecule has 3 heterocycles. The highest BCUT2D eigenvalue weighted by Crippen LogP contribution is 2.33. The Balaban J connectivity index is 1.64. The van der Waals surface area contributed by atoms with Crippen molar-refractivity contribution < 1.29 is 13.6 Å². The number of benzene rings is 1. The number of hydrogen-bond donors (Lipinski definition) is 1. The van der Waals surface area contributed by atoms with E-state index in [9.17, 15) is 4.79 Å². The normalized spacial score (nSPS) is 14.4. The molecule has 1 aliphatic rings. The maximum Gasteiger partial charge on any atom is 0.254 e. The number of amides is 1. The quantitative estimate of drug-likeness (QED) is 0.528. The van der Waals surface area contributed by atoms with Gasteiger partial charge >= 0.3 is 0 Å². The monoisotopic (exact) mass is 450 g/mol. The van der Waals surface area contributed by atoms with Crippen LogP contribution in [0.3, 0.4) is 0 Å². The highest BCUT2D eigenvalue weighted by atomic mass is 19.1. The van der Waals surface area contributed by atoms with Crippen LogP contribution in [0.4, 0.5) is 14.6 Å². The van der Waals surface area contributed by atoms with Crippen LogP contribution < -0.4 is 5.32 Å². The number of rotatable bonds is 5. The maximum atomic E-state index is 15.2. The molecule has 0 spiro atoms. The lowest BCUT2D eigenvalue weighted by molar-refractivity contribution is 0.0787. The van der Waals surface area contributed by atoms with E-state index in [2.05, 4.69) is 15.3 Å². The summed E-state index contributed by atoms with van der Waals surface area (Å²) in [6.07, 6.45) is 3.18. The molecular formula is C26H28F2N4O. The first kappa shape index (κ1) is 22.8. The molecule has 3 aromatic rings. The van der Waals surface area contributed by atoms with Gasteiger partial charge in [-0.1, -0.05) is 20.8 Å². The van der Waals surface area contributed by atoms with Gasteiger partial charge in [0.2, 0.25) is 0 Å². The molecule has 0 unspecified atom stereocenters. The molecule has 1 amide bonds. The van der Waals surface area contributed by atoms with Crippen molar-refractivity contribution in [1.82, 2.24) is 14.9 Å². The van der Waals surface area contributed by atoms with Gasteiger partial charge in [0.15, 0.2) is 0 Å². The van der Waals surface area contributed by atoms with Crippen LogP contribution in [-0.4, -0.2) is 27.3 Å². The Morgan fingerprint density at radius 1 is 1.06 bits per heavy atom. The molecule has 0 fully saturated rings. The van der Waals surface area contributed by atoms with Crippen molar-refractivity contribution in [2.24, 2.45) is 0 Å². The Morgan fingerprint density at radius 3 is 2.48 bits per heavy atom. The summed E-state index contributed by atoms with van der Waals surface area (Å²) in [5, 5.41) is 3.17. The van der Waals surface area contributed by atoms with Gasteiger partial charge in [-0.25, -0.2) is 13.8 Å². The lowest BCUT2D eigenvalue weighted by Crippen LogP contribution is -2.22. The average Bonchev–Trinajstić information content (AvgIpc) is 3.11. The van der Waals surface area contributed by atoms with Crippen LogP contribution in [0.15, 0.2) is 42.7 Å². The molecule has 0 saturated heterocycles. The minimum absolute atomic E-state index is 0.0424. The number of carbonyl (C=O) groups excluding carboxylic acids is 1. The second-order valence-corrected chi connectivity index (χ2v) is 9.40. The molecular weight excluding hydrogens is 422 g/mol. The maximum absolute atomic E-state index is 15.2. The standard InChI is InChI=1S/C26H28F2N4O/c1-6-32-14-20-17(25(32)33)8-10-30-24(20)31-15(2)18-12-22(28)19(13-21(18)27)16-7-9-29-23(11-16)26(3,4)5/h7-13,15H,6,14H2,1-5H3,(H,30,31)/t15-/m0/s1. The molecule has 0 aliphatic carbocycles. The smallest absolute Gasteiger partial charge is 0.254 e. The van der Waals surface area contributed by atoms with Gasteiger partial charge in [-0.15, -0.1) is 0 Å². The molecule has 5 nitrogen and oxygen atoms in total. The highest BCUT2D eigenvalue weighted by molar-refractivity contribution is 5.99. The zero-order valence-corrected chi connectivity index (χ0v) is 19.5. The molecule has 1 N–H and O–H groups in total. The van der Waals surface area contributed by atoms with Crippen molar-refractivity contribution in [2.75, 3.05) is 11.9 Å². The summed E-state index contributed by atoms with van der Waals surface area (Å²) >= 11 is 0. The van der Waals surface area contributed by atoms with Gasteiger partial charge < -0.3 is 10.2 Å². The van der Waals surface area contributed by atoms with Crippen molar-refractivity contribution in [3.63, 3.8) is 0 Å². The molecule has 1 aliphatic heterocycles.